The first-order valence-electron chi connectivity index (χ1n) is 7.93. The number of likely N-dealkylation sites (tertiary alicyclic amines) is 1. The molecule has 6 nitrogen and oxygen atoms in total. The number of amides is 2. The molecule has 2 amide bonds. The monoisotopic (exact) mass is 306 g/mol. The predicted octanol–water partition coefficient (Wildman–Crippen LogP) is 1.35. The van der Waals surface area contributed by atoms with Crippen LogP contribution in [-0.4, -0.2) is 46.1 Å². The lowest BCUT2D eigenvalue weighted by Crippen LogP contribution is -2.43. The lowest BCUT2D eigenvalue weighted by molar-refractivity contribution is -0.133. The molecule has 0 saturated carbocycles. The third-order valence-electron chi connectivity index (χ3n) is 4.08. The van der Waals surface area contributed by atoms with Crippen LogP contribution in [0.5, 0.6) is 0 Å². The van der Waals surface area contributed by atoms with Crippen LogP contribution in [0.4, 0.5) is 0 Å². The second kappa shape index (κ2) is 6.94. The molecule has 122 valence electrons. The van der Waals surface area contributed by atoms with Gasteiger partial charge in [-0.2, -0.15) is 5.10 Å². The second-order valence-corrected chi connectivity index (χ2v) is 6.55. The number of aryl methyl sites for hydroxylation is 2. The molecule has 1 N–H and O–H groups in total. The van der Waals surface area contributed by atoms with E-state index in [9.17, 15) is 9.59 Å². The largest absolute Gasteiger partial charge is 0.350 e. The van der Waals surface area contributed by atoms with Crippen molar-refractivity contribution in [3.05, 3.63) is 17.5 Å². The fraction of sp³-hybridized carbons (Fsp3) is 0.688. The summed E-state index contributed by atoms with van der Waals surface area (Å²) in [5, 5.41) is 6.94. The van der Waals surface area contributed by atoms with E-state index in [2.05, 4.69) is 24.3 Å². The Kier molecular flexibility index (Phi) is 5.21. The molecular formula is C16H26N4O2. The van der Waals surface area contributed by atoms with Crippen molar-refractivity contribution in [2.24, 2.45) is 18.9 Å². The fourth-order valence-electron chi connectivity index (χ4n) is 3.22. The molecule has 0 aliphatic carbocycles. The molecule has 0 bridgehead atoms. The highest BCUT2D eigenvalue weighted by atomic mass is 16.2. The molecule has 0 radical (unpaired) electrons. The van der Waals surface area contributed by atoms with Gasteiger partial charge in [0.1, 0.15) is 5.69 Å². The van der Waals surface area contributed by atoms with Crippen molar-refractivity contribution in [1.29, 1.82) is 0 Å². The first-order valence-corrected chi connectivity index (χ1v) is 7.93. The number of piperidine rings is 1. The van der Waals surface area contributed by atoms with E-state index in [0.29, 0.717) is 30.5 Å². The Labute approximate surface area is 131 Å². The Morgan fingerprint density at radius 2 is 1.95 bits per heavy atom. The van der Waals surface area contributed by atoms with Gasteiger partial charge in [-0.3, -0.25) is 14.3 Å². The molecule has 1 aromatic heterocycles. The molecule has 22 heavy (non-hydrogen) atoms. The molecule has 1 fully saturated rings. The fourth-order valence-corrected chi connectivity index (χ4v) is 3.22. The molecule has 0 spiro atoms. The maximum absolute atomic E-state index is 12.2. The lowest BCUT2D eigenvalue weighted by atomic mass is 9.92. The Morgan fingerprint density at radius 3 is 2.50 bits per heavy atom. The van der Waals surface area contributed by atoms with Crippen LogP contribution in [0.1, 0.15) is 42.9 Å². The van der Waals surface area contributed by atoms with Crippen molar-refractivity contribution in [2.75, 3.05) is 19.6 Å². The Hall–Kier alpha value is -1.85. The first kappa shape index (κ1) is 16.5. The third-order valence-corrected chi connectivity index (χ3v) is 4.08. The molecule has 2 rings (SSSR count). The molecular weight excluding hydrogens is 280 g/mol. The first-order chi connectivity index (χ1) is 10.4. The third kappa shape index (κ3) is 4.08. The molecule has 1 saturated heterocycles. The number of nitrogens with zero attached hydrogens (tertiary/aromatic N) is 3. The average Bonchev–Trinajstić information content (AvgIpc) is 2.76. The number of carbonyl (C=O) groups excluding carboxylic acids is 2. The van der Waals surface area contributed by atoms with Gasteiger partial charge in [-0.15, -0.1) is 0 Å². The Morgan fingerprint density at radius 1 is 1.32 bits per heavy atom. The van der Waals surface area contributed by atoms with Crippen LogP contribution in [0.25, 0.3) is 0 Å². The summed E-state index contributed by atoms with van der Waals surface area (Å²) in [6, 6.07) is 1.74. The number of rotatable bonds is 4. The van der Waals surface area contributed by atoms with Crippen LogP contribution >= 0.6 is 0 Å². The smallest absolute Gasteiger partial charge is 0.269 e. The maximum Gasteiger partial charge on any atom is 0.269 e. The summed E-state index contributed by atoms with van der Waals surface area (Å²) in [5.41, 5.74) is 1.32. The SMILES string of the molecule is Cc1cc(C(=O)NCCC(=O)N2C[C@@H](C)C[C@H](C)C2)n(C)n1. The minimum atomic E-state index is -0.184. The summed E-state index contributed by atoms with van der Waals surface area (Å²) in [6.07, 6.45) is 1.53. The minimum Gasteiger partial charge on any atom is -0.350 e. The zero-order valence-corrected chi connectivity index (χ0v) is 13.9. The number of carbonyl (C=O) groups is 2. The lowest BCUT2D eigenvalue weighted by Gasteiger charge is -2.35. The topological polar surface area (TPSA) is 67.2 Å². The highest BCUT2D eigenvalue weighted by molar-refractivity contribution is 5.92. The van der Waals surface area contributed by atoms with Gasteiger partial charge in [-0.25, -0.2) is 0 Å². The Balaban J connectivity index is 1.79. The van der Waals surface area contributed by atoms with E-state index in [1.165, 1.54) is 6.42 Å². The van der Waals surface area contributed by atoms with E-state index in [1.54, 1.807) is 17.8 Å². The number of hydrogen-bond acceptors (Lipinski definition) is 3. The molecule has 1 aromatic rings. The van der Waals surface area contributed by atoms with Gasteiger partial charge in [-0.1, -0.05) is 13.8 Å². The molecule has 2 heterocycles. The molecule has 1 aliphatic rings. The van der Waals surface area contributed by atoms with Crippen molar-refractivity contribution >= 4 is 11.8 Å². The summed E-state index contributed by atoms with van der Waals surface area (Å²) in [5.74, 6) is 1.05. The quantitative estimate of drug-likeness (QED) is 0.913. The predicted molar refractivity (Wildman–Crippen MR) is 84.4 cm³/mol. The highest BCUT2D eigenvalue weighted by Gasteiger charge is 2.25. The van der Waals surface area contributed by atoms with Gasteiger partial charge in [0.25, 0.3) is 5.91 Å². The maximum atomic E-state index is 12.2. The molecule has 6 heteroatoms. The minimum absolute atomic E-state index is 0.125. The summed E-state index contributed by atoms with van der Waals surface area (Å²) in [7, 11) is 1.74. The second-order valence-electron chi connectivity index (χ2n) is 6.55. The van der Waals surface area contributed by atoms with Crippen LogP contribution in [-0.2, 0) is 11.8 Å². The van der Waals surface area contributed by atoms with Crippen LogP contribution in [0, 0.1) is 18.8 Å². The van der Waals surface area contributed by atoms with E-state index in [-0.39, 0.29) is 11.8 Å². The summed E-state index contributed by atoms with van der Waals surface area (Å²) < 4.78 is 1.56. The zero-order chi connectivity index (χ0) is 16.3. The van der Waals surface area contributed by atoms with E-state index < -0.39 is 0 Å². The standard InChI is InChI=1S/C16H26N4O2/c1-11-7-12(2)10-20(9-11)15(21)5-6-17-16(22)14-8-13(3)18-19(14)4/h8,11-12H,5-7,9-10H2,1-4H3,(H,17,22)/t11-,12-/m0/s1. The number of aromatic nitrogens is 2. The van der Waals surface area contributed by atoms with Gasteiger partial charge in [0.2, 0.25) is 5.91 Å². The van der Waals surface area contributed by atoms with Gasteiger partial charge < -0.3 is 10.2 Å². The number of nitrogens with one attached hydrogen (secondary N) is 1. The van der Waals surface area contributed by atoms with Gasteiger partial charge in [0.15, 0.2) is 0 Å². The van der Waals surface area contributed by atoms with Gasteiger partial charge in [0, 0.05) is 33.1 Å². The van der Waals surface area contributed by atoms with Crippen molar-refractivity contribution in [2.45, 2.75) is 33.6 Å². The van der Waals surface area contributed by atoms with Crippen molar-refractivity contribution in [3.63, 3.8) is 0 Å². The summed E-state index contributed by atoms with van der Waals surface area (Å²) in [4.78, 5) is 26.2. The molecule has 2 atom stereocenters. The number of hydrogen-bond donors (Lipinski definition) is 1. The van der Waals surface area contributed by atoms with Crippen LogP contribution in [0.3, 0.4) is 0 Å². The van der Waals surface area contributed by atoms with Gasteiger partial charge in [-0.05, 0) is 31.2 Å². The van der Waals surface area contributed by atoms with Crippen molar-refractivity contribution in [1.82, 2.24) is 20.0 Å². The zero-order valence-electron chi connectivity index (χ0n) is 13.9. The summed E-state index contributed by atoms with van der Waals surface area (Å²) >= 11 is 0. The molecule has 1 aliphatic heterocycles. The van der Waals surface area contributed by atoms with Gasteiger partial charge in [0.05, 0.1) is 5.69 Å². The Bertz CT molecular complexity index is 542. The van der Waals surface area contributed by atoms with E-state index >= 15 is 0 Å². The van der Waals surface area contributed by atoms with Crippen molar-refractivity contribution < 1.29 is 9.59 Å². The molecule has 0 unspecified atom stereocenters. The normalized spacial score (nSPS) is 21.7. The highest BCUT2D eigenvalue weighted by Crippen LogP contribution is 2.21. The summed E-state index contributed by atoms with van der Waals surface area (Å²) in [6.45, 7) is 8.24. The van der Waals surface area contributed by atoms with Gasteiger partial charge >= 0.3 is 0 Å². The van der Waals surface area contributed by atoms with E-state index in [0.717, 1.165) is 18.8 Å². The van der Waals surface area contributed by atoms with Crippen LogP contribution in [0.15, 0.2) is 6.07 Å². The molecule has 0 aromatic carbocycles. The van der Waals surface area contributed by atoms with Crippen LogP contribution in [0.2, 0.25) is 0 Å². The van der Waals surface area contributed by atoms with Crippen LogP contribution < -0.4 is 5.32 Å². The van der Waals surface area contributed by atoms with E-state index in [4.69, 9.17) is 0 Å². The van der Waals surface area contributed by atoms with E-state index in [1.807, 2.05) is 11.8 Å². The van der Waals surface area contributed by atoms with Crippen molar-refractivity contribution in [3.8, 4) is 0 Å². The average molecular weight is 306 g/mol.